The highest BCUT2D eigenvalue weighted by Crippen LogP contribution is 2.18. The van der Waals surface area contributed by atoms with E-state index in [0.29, 0.717) is 4.47 Å². The minimum Gasteiger partial charge on any atom is -0.398 e. The molecular formula is C9H8BrF3N2O2. The van der Waals surface area contributed by atoms with Gasteiger partial charge in [0, 0.05) is 10.2 Å². The number of rotatable bonds is 3. The number of nitrogens with two attached hydrogens (primary N) is 1. The Morgan fingerprint density at radius 1 is 1.47 bits per heavy atom. The van der Waals surface area contributed by atoms with Gasteiger partial charge < -0.3 is 5.73 Å². The Morgan fingerprint density at radius 3 is 2.71 bits per heavy atom. The number of hydrogen-bond acceptors (Lipinski definition) is 3. The molecule has 94 valence electrons. The molecule has 0 aliphatic heterocycles. The van der Waals surface area contributed by atoms with Crippen LogP contribution in [-0.4, -0.2) is 18.7 Å². The lowest BCUT2D eigenvalue weighted by Gasteiger charge is -2.09. The van der Waals surface area contributed by atoms with E-state index >= 15 is 0 Å². The van der Waals surface area contributed by atoms with Gasteiger partial charge in [-0.3, -0.25) is 9.63 Å². The predicted octanol–water partition coefficient (Wildman–Crippen LogP) is 2.25. The van der Waals surface area contributed by atoms with Crippen LogP contribution >= 0.6 is 15.9 Å². The minimum atomic E-state index is -4.50. The van der Waals surface area contributed by atoms with E-state index < -0.39 is 18.7 Å². The number of halogens is 4. The normalized spacial score (nSPS) is 11.3. The van der Waals surface area contributed by atoms with Crippen molar-refractivity contribution in [1.29, 1.82) is 0 Å². The molecule has 0 aromatic heterocycles. The van der Waals surface area contributed by atoms with E-state index in [0.717, 1.165) is 0 Å². The predicted molar refractivity (Wildman–Crippen MR) is 58.0 cm³/mol. The average molecular weight is 313 g/mol. The summed E-state index contributed by atoms with van der Waals surface area (Å²) in [6, 6.07) is 4.42. The summed E-state index contributed by atoms with van der Waals surface area (Å²) >= 11 is 3.11. The van der Waals surface area contributed by atoms with Crippen molar-refractivity contribution in [2.45, 2.75) is 6.18 Å². The Kier molecular flexibility index (Phi) is 4.35. The van der Waals surface area contributed by atoms with Crippen LogP contribution in [0.25, 0.3) is 0 Å². The van der Waals surface area contributed by atoms with E-state index in [1.807, 2.05) is 0 Å². The van der Waals surface area contributed by atoms with Gasteiger partial charge in [-0.05, 0) is 18.2 Å². The molecule has 8 heteroatoms. The molecule has 1 aromatic carbocycles. The van der Waals surface area contributed by atoms with Gasteiger partial charge in [0.1, 0.15) is 0 Å². The van der Waals surface area contributed by atoms with Crippen molar-refractivity contribution in [1.82, 2.24) is 5.48 Å². The molecule has 0 spiro atoms. The van der Waals surface area contributed by atoms with Crippen molar-refractivity contribution in [3.05, 3.63) is 28.2 Å². The van der Waals surface area contributed by atoms with Crippen LogP contribution in [0.2, 0.25) is 0 Å². The second-order valence-electron chi connectivity index (χ2n) is 3.07. The van der Waals surface area contributed by atoms with Gasteiger partial charge in [-0.2, -0.15) is 13.2 Å². The van der Waals surface area contributed by atoms with Crippen molar-refractivity contribution >= 4 is 27.5 Å². The first-order chi connectivity index (χ1) is 7.79. The van der Waals surface area contributed by atoms with Gasteiger partial charge >= 0.3 is 6.18 Å². The molecule has 0 aliphatic carbocycles. The van der Waals surface area contributed by atoms with Gasteiger partial charge in [0.05, 0.1) is 5.56 Å². The number of nitrogens with one attached hydrogen (secondary N) is 1. The molecular weight excluding hydrogens is 305 g/mol. The number of alkyl halides is 3. The van der Waals surface area contributed by atoms with Crippen molar-refractivity contribution in [3.63, 3.8) is 0 Å². The minimum absolute atomic E-state index is 0.0292. The molecule has 0 fully saturated rings. The zero-order chi connectivity index (χ0) is 13.1. The summed E-state index contributed by atoms with van der Waals surface area (Å²) in [6.45, 7) is -1.56. The fourth-order valence-electron chi connectivity index (χ4n) is 0.964. The summed E-state index contributed by atoms with van der Waals surface area (Å²) in [5.41, 5.74) is 7.32. The first-order valence-electron chi connectivity index (χ1n) is 4.33. The molecule has 0 aliphatic rings. The third kappa shape index (κ3) is 4.61. The van der Waals surface area contributed by atoms with Crippen LogP contribution < -0.4 is 11.2 Å². The lowest BCUT2D eigenvalue weighted by molar-refractivity contribution is -0.184. The zero-order valence-corrected chi connectivity index (χ0v) is 9.93. The van der Waals surface area contributed by atoms with E-state index in [2.05, 4.69) is 20.8 Å². The molecule has 17 heavy (non-hydrogen) atoms. The number of anilines is 1. The highest BCUT2D eigenvalue weighted by atomic mass is 79.9. The fourth-order valence-corrected chi connectivity index (χ4v) is 1.32. The Labute approximate surface area is 103 Å². The smallest absolute Gasteiger partial charge is 0.398 e. The lowest BCUT2D eigenvalue weighted by atomic mass is 10.2. The summed E-state index contributed by atoms with van der Waals surface area (Å²) in [6.07, 6.45) is -4.50. The first kappa shape index (κ1) is 13.8. The SMILES string of the molecule is Nc1ccc(Br)cc1C(=O)NOCC(F)(F)F. The number of amides is 1. The topological polar surface area (TPSA) is 64.4 Å². The van der Waals surface area contributed by atoms with Gasteiger partial charge in [-0.1, -0.05) is 15.9 Å². The quantitative estimate of drug-likeness (QED) is 0.664. The van der Waals surface area contributed by atoms with Crippen LogP contribution in [-0.2, 0) is 4.84 Å². The Morgan fingerprint density at radius 2 is 2.12 bits per heavy atom. The monoisotopic (exact) mass is 312 g/mol. The molecule has 0 heterocycles. The summed E-state index contributed by atoms with van der Waals surface area (Å²) in [7, 11) is 0. The second-order valence-corrected chi connectivity index (χ2v) is 3.98. The maximum absolute atomic E-state index is 11.7. The molecule has 0 radical (unpaired) electrons. The number of hydroxylamine groups is 1. The van der Waals surface area contributed by atoms with Crippen LogP contribution in [0.15, 0.2) is 22.7 Å². The van der Waals surface area contributed by atoms with E-state index in [1.54, 1.807) is 11.5 Å². The number of carbonyl (C=O) groups excluding carboxylic acids is 1. The van der Waals surface area contributed by atoms with Crippen LogP contribution in [0, 0.1) is 0 Å². The molecule has 0 saturated carbocycles. The van der Waals surface area contributed by atoms with Gasteiger partial charge in [-0.25, -0.2) is 5.48 Å². The number of carbonyl (C=O) groups is 1. The van der Waals surface area contributed by atoms with Gasteiger partial charge in [0.25, 0.3) is 5.91 Å². The van der Waals surface area contributed by atoms with Crippen LogP contribution in [0.5, 0.6) is 0 Å². The maximum atomic E-state index is 11.7. The Balaban J connectivity index is 2.61. The Bertz CT molecular complexity index is 423. The molecule has 0 atom stereocenters. The first-order valence-corrected chi connectivity index (χ1v) is 5.13. The van der Waals surface area contributed by atoms with Crippen molar-refractivity contribution in [3.8, 4) is 0 Å². The molecule has 1 aromatic rings. The maximum Gasteiger partial charge on any atom is 0.414 e. The zero-order valence-electron chi connectivity index (χ0n) is 8.34. The molecule has 4 nitrogen and oxygen atoms in total. The summed E-state index contributed by atoms with van der Waals surface area (Å²) in [5.74, 6) is -0.840. The third-order valence-electron chi connectivity index (χ3n) is 1.66. The number of hydrogen-bond donors (Lipinski definition) is 2. The van der Waals surface area contributed by atoms with Gasteiger partial charge in [0.2, 0.25) is 0 Å². The number of nitrogen functional groups attached to an aromatic ring is 1. The van der Waals surface area contributed by atoms with E-state index in [4.69, 9.17) is 5.73 Å². The Hall–Kier alpha value is -1.28. The van der Waals surface area contributed by atoms with Crippen LogP contribution in [0.1, 0.15) is 10.4 Å². The molecule has 0 unspecified atom stereocenters. The standard InChI is InChI=1S/C9H8BrF3N2O2/c10-5-1-2-7(14)6(3-5)8(16)15-17-4-9(11,12)13/h1-3H,4,14H2,(H,15,16). The highest BCUT2D eigenvalue weighted by Gasteiger charge is 2.28. The number of benzene rings is 1. The molecule has 3 N–H and O–H groups in total. The van der Waals surface area contributed by atoms with E-state index in [-0.39, 0.29) is 11.3 Å². The van der Waals surface area contributed by atoms with Crippen molar-refractivity contribution in [2.75, 3.05) is 12.3 Å². The molecule has 1 rings (SSSR count). The molecule has 1 amide bonds. The third-order valence-corrected chi connectivity index (χ3v) is 2.15. The molecule has 0 saturated heterocycles. The fraction of sp³-hybridized carbons (Fsp3) is 0.222. The van der Waals surface area contributed by atoms with E-state index in [1.165, 1.54) is 12.1 Å². The lowest BCUT2D eigenvalue weighted by Crippen LogP contribution is -2.30. The van der Waals surface area contributed by atoms with Crippen LogP contribution in [0.4, 0.5) is 18.9 Å². The van der Waals surface area contributed by atoms with Crippen molar-refractivity contribution in [2.24, 2.45) is 0 Å². The van der Waals surface area contributed by atoms with Crippen LogP contribution in [0.3, 0.4) is 0 Å². The summed E-state index contributed by atoms with van der Waals surface area (Å²) in [4.78, 5) is 15.4. The van der Waals surface area contributed by atoms with Gasteiger partial charge in [0.15, 0.2) is 6.61 Å². The summed E-state index contributed by atoms with van der Waals surface area (Å²) in [5, 5.41) is 0. The highest BCUT2D eigenvalue weighted by molar-refractivity contribution is 9.10. The second kappa shape index (κ2) is 5.37. The molecule has 0 bridgehead atoms. The average Bonchev–Trinajstić information content (AvgIpc) is 2.19. The van der Waals surface area contributed by atoms with Gasteiger partial charge in [-0.15, -0.1) is 0 Å². The summed E-state index contributed by atoms with van der Waals surface area (Å²) < 4.78 is 35.8. The largest absolute Gasteiger partial charge is 0.414 e. The van der Waals surface area contributed by atoms with Crippen molar-refractivity contribution < 1.29 is 22.8 Å². The van der Waals surface area contributed by atoms with E-state index in [9.17, 15) is 18.0 Å².